The molecule has 1 heterocycles. The Bertz CT molecular complexity index is 910. The van der Waals surface area contributed by atoms with Crippen molar-refractivity contribution in [2.24, 2.45) is 0 Å². The zero-order chi connectivity index (χ0) is 19.4. The van der Waals surface area contributed by atoms with Gasteiger partial charge < -0.3 is 10.4 Å². The van der Waals surface area contributed by atoms with E-state index in [1.807, 2.05) is 50.2 Å². The number of aromatic nitrogens is 3. The summed E-state index contributed by atoms with van der Waals surface area (Å²) >= 11 is 12.3. The molecule has 0 spiro atoms. The zero-order valence-corrected chi connectivity index (χ0v) is 16.8. The van der Waals surface area contributed by atoms with Crippen LogP contribution in [0.4, 0.5) is 0 Å². The Balaban J connectivity index is 1.91. The second-order valence-electron chi connectivity index (χ2n) is 7.02. The van der Waals surface area contributed by atoms with Gasteiger partial charge in [0.25, 0.3) is 0 Å². The molecule has 3 rings (SSSR count). The Morgan fingerprint density at radius 2 is 1.81 bits per heavy atom. The van der Waals surface area contributed by atoms with E-state index in [1.54, 1.807) is 16.9 Å². The molecule has 0 aliphatic heterocycles. The molecular weight excluding hydrogens is 383 g/mol. The number of halogens is 2. The lowest BCUT2D eigenvalue weighted by molar-refractivity contribution is 0.187. The number of hydrogen-bond acceptors (Lipinski definition) is 4. The average Bonchev–Trinajstić information content (AvgIpc) is 3.06. The summed E-state index contributed by atoms with van der Waals surface area (Å²) in [5.41, 5.74) is 3.10. The SMILES string of the molecule is CC(C)(CO)NCc1nn(Cc2ccc(Cl)cc2Cl)nc1-c1ccccc1. The van der Waals surface area contributed by atoms with Crippen molar-refractivity contribution in [3.05, 3.63) is 69.8 Å². The summed E-state index contributed by atoms with van der Waals surface area (Å²) in [6, 6.07) is 15.3. The van der Waals surface area contributed by atoms with Crippen LogP contribution >= 0.6 is 23.2 Å². The Hall–Kier alpha value is -1.92. The average molecular weight is 405 g/mol. The van der Waals surface area contributed by atoms with Crippen molar-refractivity contribution in [3.63, 3.8) is 0 Å². The smallest absolute Gasteiger partial charge is 0.117 e. The van der Waals surface area contributed by atoms with Gasteiger partial charge in [0.2, 0.25) is 0 Å². The van der Waals surface area contributed by atoms with Gasteiger partial charge in [0, 0.05) is 27.7 Å². The van der Waals surface area contributed by atoms with Crippen LogP contribution in [0.2, 0.25) is 10.0 Å². The third kappa shape index (κ3) is 5.08. The summed E-state index contributed by atoms with van der Waals surface area (Å²) in [6.45, 7) is 4.84. The van der Waals surface area contributed by atoms with Gasteiger partial charge in [-0.3, -0.25) is 0 Å². The third-order valence-corrected chi connectivity index (χ3v) is 4.82. The molecular formula is C20H22Cl2N4O. The molecule has 0 unspecified atom stereocenters. The minimum Gasteiger partial charge on any atom is -0.394 e. The number of aliphatic hydroxyl groups excluding tert-OH is 1. The van der Waals surface area contributed by atoms with Crippen molar-refractivity contribution < 1.29 is 5.11 Å². The molecule has 2 N–H and O–H groups in total. The van der Waals surface area contributed by atoms with Crippen LogP contribution in [-0.2, 0) is 13.1 Å². The number of aliphatic hydroxyl groups is 1. The first-order chi connectivity index (χ1) is 12.9. The minimum atomic E-state index is -0.406. The molecule has 0 aliphatic rings. The highest BCUT2D eigenvalue weighted by atomic mass is 35.5. The fraction of sp³-hybridized carbons (Fsp3) is 0.300. The van der Waals surface area contributed by atoms with E-state index in [0.29, 0.717) is 23.1 Å². The van der Waals surface area contributed by atoms with E-state index < -0.39 is 5.54 Å². The van der Waals surface area contributed by atoms with Gasteiger partial charge in [0.05, 0.1) is 13.2 Å². The molecule has 0 saturated heterocycles. The predicted octanol–water partition coefficient (Wildman–Crippen LogP) is 4.16. The number of benzene rings is 2. The quantitative estimate of drug-likeness (QED) is 0.620. The number of nitrogens with one attached hydrogen (secondary N) is 1. The molecule has 1 aromatic heterocycles. The van der Waals surface area contributed by atoms with Crippen molar-refractivity contribution in [3.8, 4) is 11.3 Å². The van der Waals surface area contributed by atoms with Crippen LogP contribution in [0.25, 0.3) is 11.3 Å². The summed E-state index contributed by atoms with van der Waals surface area (Å²) < 4.78 is 0. The fourth-order valence-corrected chi connectivity index (χ4v) is 3.04. The van der Waals surface area contributed by atoms with Crippen LogP contribution in [0.1, 0.15) is 25.1 Å². The fourth-order valence-electron chi connectivity index (χ4n) is 2.57. The normalized spacial score (nSPS) is 11.7. The third-order valence-electron chi connectivity index (χ3n) is 4.23. The second kappa shape index (κ2) is 8.40. The van der Waals surface area contributed by atoms with Crippen molar-refractivity contribution in [1.82, 2.24) is 20.3 Å². The molecule has 5 nitrogen and oxygen atoms in total. The molecule has 0 atom stereocenters. The van der Waals surface area contributed by atoms with Gasteiger partial charge in [-0.05, 0) is 31.5 Å². The molecule has 0 aliphatic carbocycles. The Labute approximate surface area is 168 Å². The highest BCUT2D eigenvalue weighted by molar-refractivity contribution is 6.35. The van der Waals surface area contributed by atoms with Gasteiger partial charge in [0.15, 0.2) is 0 Å². The van der Waals surface area contributed by atoms with Crippen molar-refractivity contribution in [1.29, 1.82) is 0 Å². The van der Waals surface area contributed by atoms with Gasteiger partial charge in [-0.2, -0.15) is 15.0 Å². The molecule has 0 bridgehead atoms. The first-order valence-electron chi connectivity index (χ1n) is 8.67. The van der Waals surface area contributed by atoms with Crippen LogP contribution in [0.15, 0.2) is 48.5 Å². The first kappa shape index (κ1) is 19.8. The minimum absolute atomic E-state index is 0.0300. The van der Waals surface area contributed by atoms with E-state index in [4.69, 9.17) is 23.2 Å². The van der Waals surface area contributed by atoms with Crippen molar-refractivity contribution >= 4 is 23.2 Å². The Kier molecular flexibility index (Phi) is 6.17. The van der Waals surface area contributed by atoms with Crippen LogP contribution in [0.3, 0.4) is 0 Å². The number of nitrogens with zero attached hydrogens (tertiary/aromatic N) is 3. The topological polar surface area (TPSA) is 63.0 Å². The van der Waals surface area contributed by atoms with Gasteiger partial charge in [0.1, 0.15) is 11.4 Å². The van der Waals surface area contributed by atoms with E-state index in [2.05, 4.69) is 15.5 Å². The molecule has 0 radical (unpaired) electrons. The van der Waals surface area contributed by atoms with Crippen LogP contribution in [-0.4, -0.2) is 32.2 Å². The standard InChI is InChI=1S/C20H22Cl2N4O/c1-20(2,13-27)23-11-18-19(14-6-4-3-5-7-14)25-26(24-18)12-15-8-9-16(21)10-17(15)22/h3-10,23,27H,11-13H2,1-2H3. The lowest BCUT2D eigenvalue weighted by atomic mass is 10.1. The van der Waals surface area contributed by atoms with E-state index in [0.717, 1.165) is 22.5 Å². The Morgan fingerprint density at radius 3 is 2.48 bits per heavy atom. The van der Waals surface area contributed by atoms with E-state index in [-0.39, 0.29) is 6.61 Å². The number of hydrogen-bond donors (Lipinski definition) is 2. The zero-order valence-electron chi connectivity index (χ0n) is 15.3. The van der Waals surface area contributed by atoms with Gasteiger partial charge in [-0.25, -0.2) is 0 Å². The maximum atomic E-state index is 9.48. The van der Waals surface area contributed by atoms with Crippen molar-refractivity contribution in [2.45, 2.75) is 32.5 Å². The lowest BCUT2D eigenvalue weighted by Crippen LogP contribution is -2.42. The molecule has 2 aromatic carbocycles. The maximum Gasteiger partial charge on any atom is 0.117 e. The molecule has 7 heteroatoms. The van der Waals surface area contributed by atoms with E-state index in [9.17, 15) is 5.11 Å². The van der Waals surface area contributed by atoms with E-state index >= 15 is 0 Å². The van der Waals surface area contributed by atoms with Crippen LogP contribution in [0, 0.1) is 0 Å². The van der Waals surface area contributed by atoms with Crippen molar-refractivity contribution in [2.75, 3.05) is 6.61 Å². The van der Waals surface area contributed by atoms with Gasteiger partial charge in [-0.15, -0.1) is 0 Å². The summed E-state index contributed by atoms with van der Waals surface area (Å²) in [5, 5.41) is 23.3. The highest BCUT2D eigenvalue weighted by Gasteiger charge is 2.19. The van der Waals surface area contributed by atoms with Crippen LogP contribution in [0.5, 0.6) is 0 Å². The molecule has 0 fully saturated rings. The molecule has 0 saturated carbocycles. The molecule has 27 heavy (non-hydrogen) atoms. The van der Waals surface area contributed by atoms with Crippen LogP contribution < -0.4 is 5.32 Å². The summed E-state index contributed by atoms with van der Waals surface area (Å²) in [5.74, 6) is 0. The largest absolute Gasteiger partial charge is 0.394 e. The molecule has 3 aromatic rings. The van der Waals surface area contributed by atoms with Gasteiger partial charge in [-0.1, -0.05) is 59.6 Å². The predicted molar refractivity (Wildman–Crippen MR) is 109 cm³/mol. The first-order valence-corrected chi connectivity index (χ1v) is 9.43. The monoisotopic (exact) mass is 404 g/mol. The summed E-state index contributed by atoms with van der Waals surface area (Å²) in [4.78, 5) is 1.64. The molecule has 142 valence electrons. The maximum absolute atomic E-state index is 9.48. The lowest BCUT2D eigenvalue weighted by Gasteiger charge is -2.23. The molecule has 0 amide bonds. The van der Waals surface area contributed by atoms with E-state index in [1.165, 1.54) is 0 Å². The number of rotatable bonds is 7. The van der Waals surface area contributed by atoms with Gasteiger partial charge >= 0.3 is 0 Å². The highest BCUT2D eigenvalue weighted by Crippen LogP contribution is 2.24. The summed E-state index contributed by atoms with van der Waals surface area (Å²) in [6.07, 6.45) is 0. The Morgan fingerprint density at radius 1 is 1.07 bits per heavy atom. The second-order valence-corrected chi connectivity index (χ2v) is 7.87. The summed E-state index contributed by atoms with van der Waals surface area (Å²) in [7, 11) is 0.